The first-order valence-corrected chi connectivity index (χ1v) is 22.1. The normalized spacial score (nSPS) is 23.9. The van der Waals surface area contributed by atoms with Crippen molar-refractivity contribution in [1.29, 1.82) is 0 Å². The summed E-state index contributed by atoms with van der Waals surface area (Å²) >= 11 is 1.30. The Morgan fingerprint density at radius 2 is 1.07 bits per heavy atom. The Kier molecular flexibility index (Phi) is 14.1. The molecule has 3 aliphatic rings. The van der Waals surface area contributed by atoms with Gasteiger partial charge in [-0.1, -0.05) is 87.0 Å². The molecule has 3 heterocycles. The van der Waals surface area contributed by atoms with Crippen molar-refractivity contribution in [2.24, 2.45) is 0 Å². The van der Waals surface area contributed by atoms with E-state index < -0.39 is 36.1 Å². The SMILES string of the molecule is COC(=O)C1CSSC[C@H](C(=O)OC)NC(=O)[C@@H]2CCCN2Cc2cc(C(C)(C)C)cc(c2O)Sc2cc(C(C)(C)C)cc(c2O)CN2CCC[C@H]2C(=O)N1. The van der Waals surface area contributed by atoms with Gasteiger partial charge < -0.3 is 30.3 Å². The second kappa shape index (κ2) is 18.0. The molecule has 1 unspecified atom stereocenters. The number of amides is 2. The van der Waals surface area contributed by atoms with E-state index in [2.05, 4.69) is 52.2 Å². The standard InChI is InChI=1S/C40H56N4O8S3/c1-39(2,3)25-15-23-19-43-13-9-11-29(43)35(47)41-27(37(49)51-7)21-53-54-22-28(38(50)52-8)42-36(48)30-12-10-14-44(30)20-24-16-26(40(4,5)6)18-32(34(24)46)55-31(17-25)33(23)45/h15-18,27-30,45-46H,9-14,19-22H2,1-8H3,(H,41,47)(H,42,48)/t27-,28?,29+,30+/m1/s1. The first kappa shape index (κ1) is 43.0. The maximum atomic E-state index is 13.8. The number of hydrogen-bond donors (Lipinski definition) is 4. The van der Waals surface area contributed by atoms with Crippen LogP contribution in [0.1, 0.15) is 89.5 Å². The minimum Gasteiger partial charge on any atom is -0.506 e. The van der Waals surface area contributed by atoms with Crippen LogP contribution in [-0.4, -0.2) is 107 Å². The molecular formula is C40H56N4O8S3. The van der Waals surface area contributed by atoms with Gasteiger partial charge in [-0.05, 0) is 72.9 Å². The van der Waals surface area contributed by atoms with Gasteiger partial charge >= 0.3 is 11.9 Å². The van der Waals surface area contributed by atoms with Crippen molar-refractivity contribution >= 4 is 57.1 Å². The van der Waals surface area contributed by atoms with E-state index in [9.17, 15) is 29.4 Å². The van der Waals surface area contributed by atoms with Gasteiger partial charge in [0.1, 0.15) is 23.6 Å². The smallest absolute Gasteiger partial charge is 0.329 e. The highest BCUT2D eigenvalue weighted by Crippen LogP contribution is 2.46. The molecule has 2 aromatic rings. The van der Waals surface area contributed by atoms with Crippen LogP contribution < -0.4 is 10.6 Å². The highest BCUT2D eigenvalue weighted by Gasteiger charge is 2.37. The molecule has 0 aliphatic carbocycles. The Labute approximate surface area is 337 Å². The lowest BCUT2D eigenvalue weighted by molar-refractivity contribution is -0.145. The van der Waals surface area contributed by atoms with Crippen molar-refractivity contribution in [3.63, 3.8) is 0 Å². The van der Waals surface area contributed by atoms with Crippen LogP contribution in [0.2, 0.25) is 0 Å². The van der Waals surface area contributed by atoms with Crippen molar-refractivity contribution in [2.45, 2.75) is 125 Å². The number of aromatic hydroxyl groups is 2. The Balaban J connectivity index is 1.60. The maximum Gasteiger partial charge on any atom is 0.329 e. The first-order valence-electron chi connectivity index (χ1n) is 18.8. The van der Waals surface area contributed by atoms with Gasteiger partial charge in [-0.3, -0.25) is 19.4 Å². The van der Waals surface area contributed by atoms with Gasteiger partial charge in [0.05, 0.1) is 36.1 Å². The van der Waals surface area contributed by atoms with Crippen LogP contribution in [0, 0.1) is 0 Å². The van der Waals surface area contributed by atoms with Crippen LogP contribution in [0.4, 0.5) is 0 Å². The summed E-state index contributed by atoms with van der Waals surface area (Å²) in [6, 6.07) is 4.96. The van der Waals surface area contributed by atoms with Crippen molar-refractivity contribution in [3.05, 3.63) is 46.5 Å². The van der Waals surface area contributed by atoms with E-state index in [0.29, 0.717) is 59.9 Å². The fourth-order valence-electron chi connectivity index (χ4n) is 7.16. The van der Waals surface area contributed by atoms with E-state index in [0.717, 1.165) is 24.0 Å². The van der Waals surface area contributed by atoms with Crippen LogP contribution in [-0.2, 0) is 52.6 Å². The van der Waals surface area contributed by atoms with Crippen molar-refractivity contribution in [3.8, 4) is 11.5 Å². The van der Waals surface area contributed by atoms with E-state index in [-0.39, 0.29) is 45.6 Å². The Morgan fingerprint density at radius 1 is 0.691 bits per heavy atom. The van der Waals surface area contributed by atoms with Crippen LogP contribution in [0.25, 0.3) is 0 Å². The highest BCUT2D eigenvalue weighted by molar-refractivity contribution is 8.76. The lowest BCUT2D eigenvalue weighted by Crippen LogP contribution is -2.51. The third-order valence-electron chi connectivity index (χ3n) is 10.5. The second-order valence-corrected chi connectivity index (χ2v) is 20.2. The second-order valence-electron chi connectivity index (χ2n) is 16.6. The fourth-order valence-corrected chi connectivity index (χ4v) is 10.5. The Bertz CT molecular complexity index is 1640. The van der Waals surface area contributed by atoms with Crippen LogP contribution in [0.3, 0.4) is 0 Å². The molecule has 2 saturated heterocycles. The largest absolute Gasteiger partial charge is 0.506 e. The number of hydrogen-bond acceptors (Lipinski definition) is 13. The van der Waals surface area contributed by atoms with E-state index in [1.807, 2.05) is 34.1 Å². The van der Waals surface area contributed by atoms with E-state index in [4.69, 9.17) is 9.47 Å². The monoisotopic (exact) mass is 816 g/mol. The molecule has 0 saturated carbocycles. The zero-order valence-corrected chi connectivity index (χ0v) is 35.6. The van der Waals surface area contributed by atoms with Crippen molar-refractivity contribution in [2.75, 3.05) is 38.8 Å². The number of carbonyl (C=O) groups is 4. The number of nitrogens with zero attached hydrogens (tertiary/aromatic N) is 2. The van der Waals surface area contributed by atoms with Gasteiger partial charge in [0.15, 0.2) is 0 Å². The van der Waals surface area contributed by atoms with E-state index in [1.165, 1.54) is 47.6 Å². The predicted octanol–water partition coefficient (Wildman–Crippen LogP) is 5.48. The number of benzene rings is 2. The molecule has 0 spiro atoms. The summed E-state index contributed by atoms with van der Waals surface area (Å²) in [5.41, 5.74) is 2.79. The number of esters is 2. The molecule has 302 valence electrons. The van der Waals surface area contributed by atoms with Crippen molar-refractivity contribution in [1.82, 2.24) is 20.4 Å². The average Bonchev–Trinajstić information content (AvgIpc) is 3.79. The quantitative estimate of drug-likeness (QED) is 0.223. The van der Waals surface area contributed by atoms with E-state index in [1.54, 1.807) is 0 Å². The summed E-state index contributed by atoms with van der Waals surface area (Å²) in [6.45, 7) is 14.5. The third-order valence-corrected chi connectivity index (χ3v) is 14.0. The molecule has 2 fully saturated rings. The lowest BCUT2D eigenvalue weighted by atomic mass is 9.86. The van der Waals surface area contributed by atoms with Gasteiger partial charge in [-0.15, -0.1) is 0 Å². The first-order chi connectivity index (χ1) is 25.9. The minimum atomic E-state index is -0.946. The third kappa shape index (κ3) is 10.4. The molecule has 55 heavy (non-hydrogen) atoms. The number of carbonyl (C=O) groups excluding carboxylic acids is 4. The van der Waals surface area contributed by atoms with E-state index >= 15 is 0 Å². The molecular weight excluding hydrogens is 761 g/mol. The molecule has 15 heteroatoms. The van der Waals surface area contributed by atoms with Crippen LogP contribution >= 0.6 is 33.3 Å². The van der Waals surface area contributed by atoms with Gasteiger partial charge in [-0.25, -0.2) is 9.59 Å². The van der Waals surface area contributed by atoms with Gasteiger partial charge in [0.2, 0.25) is 11.8 Å². The summed E-state index contributed by atoms with van der Waals surface area (Å²) < 4.78 is 10.1. The molecule has 4 atom stereocenters. The minimum absolute atomic E-state index is 0.0851. The summed E-state index contributed by atoms with van der Waals surface area (Å²) in [5.74, 6) is -1.29. The maximum absolute atomic E-state index is 13.8. The summed E-state index contributed by atoms with van der Waals surface area (Å²) in [6.07, 6.45) is 2.69. The van der Waals surface area contributed by atoms with Gasteiger partial charge in [0.25, 0.3) is 0 Å². The molecule has 12 nitrogen and oxygen atoms in total. The molecule has 2 amide bonds. The van der Waals surface area contributed by atoms with Crippen LogP contribution in [0.15, 0.2) is 34.1 Å². The molecule has 0 aromatic heterocycles. The Hall–Kier alpha value is -3.11. The summed E-state index contributed by atoms with van der Waals surface area (Å²) in [7, 11) is 5.11. The lowest BCUT2D eigenvalue weighted by Gasteiger charge is -2.28. The number of fused-ring (bicyclic) bond motifs is 6. The van der Waals surface area contributed by atoms with Crippen LogP contribution in [0.5, 0.6) is 11.5 Å². The molecule has 2 aromatic carbocycles. The number of ether oxygens (including phenoxy) is 2. The summed E-state index contributed by atoms with van der Waals surface area (Å²) in [4.78, 5) is 58.6. The highest BCUT2D eigenvalue weighted by atomic mass is 33.1. The average molecular weight is 817 g/mol. The molecule has 4 N–H and O–H groups in total. The Morgan fingerprint density at radius 3 is 1.42 bits per heavy atom. The van der Waals surface area contributed by atoms with Crippen molar-refractivity contribution < 1.29 is 38.9 Å². The fraction of sp³-hybridized carbons (Fsp3) is 0.600. The number of nitrogens with one attached hydrogen (secondary N) is 2. The molecule has 4 bridgehead atoms. The molecule has 5 rings (SSSR count). The zero-order chi connectivity index (χ0) is 40.2. The van der Waals surface area contributed by atoms with Gasteiger partial charge in [-0.2, -0.15) is 0 Å². The van der Waals surface area contributed by atoms with Gasteiger partial charge in [0, 0.05) is 35.7 Å². The summed E-state index contributed by atoms with van der Waals surface area (Å²) in [5, 5.41) is 29.6. The zero-order valence-electron chi connectivity index (χ0n) is 33.2. The number of methoxy groups -OCH3 is 2. The number of rotatable bonds is 2. The number of phenols is 2. The molecule has 0 radical (unpaired) electrons. The topological polar surface area (TPSA) is 158 Å². The molecule has 3 aliphatic heterocycles. The number of phenolic OH excluding ortho intramolecular Hbond substituents is 2. The predicted molar refractivity (Wildman–Crippen MR) is 217 cm³/mol.